The van der Waals surface area contributed by atoms with Crippen LogP contribution in [0.15, 0.2) is 36.5 Å². The second-order valence-electron chi connectivity index (χ2n) is 6.60. The monoisotopic (exact) mass is 379 g/mol. The van der Waals surface area contributed by atoms with Crippen LogP contribution in [0.25, 0.3) is 10.9 Å². The van der Waals surface area contributed by atoms with E-state index >= 15 is 0 Å². The molecule has 3 heterocycles. The molecule has 0 radical (unpaired) electrons. The summed E-state index contributed by atoms with van der Waals surface area (Å²) in [5.41, 5.74) is 4.02. The molecule has 0 bridgehead atoms. The van der Waals surface area contributed by atoms with Crippen molar-refractivity contribution in [3.63, 3.8) is 0 Å². The lowest BCUT2D eigenvalue weighted by Crippen LogP contribution is -2.36. The topological polar surface area (TPSA) is 84.5 Å². The lowest BCUT2D eigenvalue weighted by atomic mass is 10.0. The van der Waals surface area contributed by atoms with Crippen molar-refractivity contribution in [1.29, 1.82) is 0 Å². The maximum atomic E-state index is 13.1. The van der Waals surface area contributed by atoms with Gasteiger partial charge in [0.05, 0.1) is 19.3 Å². The summed E-state index contributed by atoms with van der Waals surface area (Å²) in [6, 6.07) is 8.91. The van der Waals surface area contributed by atoms with E-state index in [0.29, 0.717) is 43.1 Å². The number of fused-ring (bicyclic) bond motifs is 3. The molecule has 1 N–H and O–H groups in total. The highest BCUT2D eigenvalue weighted by molar-refractivity contribution is 5.98. The lowest BCUT2D eigenvalue weighted by Gasteiger charge is -2.27. The van der Waals surface area contributed by atoms with Gasteiger partial charge in [0.2, 0.25) is 5.88 Å². The van der Waals surface area contributed by atoms with Crippen LogP contribution in [0.1, 0.15) is 38.9 Å². The Labute approximate surface area is 162 Å². The first-order chi connectivity index (χ1) is 13.6. The summed E-state index contributed by atoms with van der Waals surface area (Å²) in [6.07, 6.45) is 2.33. The molecule has 0 atom stereocenters. The number of carbonyl (C=O) groups is 2. The number of H-pyrrole nitrogens is 1. The maximum Gasteiger partial charge on any atom is 0.337 e. The van der Waals surface area contributed by atoms with Crippen LogP contribution in [0.3, 0.4) is 0 Å². The highest BCUT2D eigenvalue weighted by Gasteiger charge is 2.27. The molecule has 0 spiro atoms. The van der Waals surface area contributed by atoms with Crippen LogP contribution in [-0.2, 0) is 17.7 Å². The van der Waals surface area contributed by atoms with Crippen LogP contribution < -0.4 is 4.74 Å². The Morgan fingerprint density at radius 2 is 2.14 bits per heavy atom. The van der Waals surface area contributed by atoms with Gasteiger partial charge in [-0.15, -0.1) is 0 Å². The average molecular weight is 379 g/mol. The van der Waals surface area contributed by atoms with Crippen molar-refractivity contribution in [3.05, 3.63) is 58.9 Å². The van der Waals surface area contributed by atoms with Gasteiger partial charge in [0.1, 0.15) is 5.56 Å². The van der Waals surface area contributed by atoms with E-state index in [2.05, 4.69) is 9.97 Å². The number of amides is 1. The molecule has 7 heteroatoms. The fraction of sp³-hybridized carbons (Fsp3) is 0.286. The molecule has 144 valence electrons. The number of esters is 1. The van der Waals surface area contributed by atoms with E-state index in [-0.39, 0.29) is 11.9 Å². The molecule has 1 aliphatic heterocycles. The number of ether oxygens (including phenoxy) is 2. The van der Waals surface area contributed by atoms with Gasteiger partial charge >= 0.3 is 5.97 Å². The summed E-state index contributed by atoms with van der Waals surface area (Å²) in [7, 11) is 1.36. The third kappa shape index (κ3) is 3.09. The van der Waals surface area contributed by atoms with Crippen LogP contribution in [0, 0.1) is 0 Å². The number of nitrogens with zero attached hydrogens (tertiary/aromatic N) is 2. The minimum absolute atomic E-state index is 0.110. The van der Waals surface area contributed by atoms with E-state index in [1.165, 1.54) is 7.11 Å². The van der Waals surface area contributed by atoms with Crippen molar-refractivity contribution in [1.82, 2.24) is 14.9 Å². The van der Waals surface area contributed by atoms with Gasteiger partial charge in [0, 0.05) is 47.9 Å². The number of hydrogen-bond donors (Lipinski definition) is 1. The summed E-state index contributed by atoms with van der Waals surface area (Å²) >= 11 is 0. The first-order valence-corrected chi connectivity index (χ1v) is 9.21. The lowest BCUT2D eigenvalue weighted by molar-refractivity contribution is 0.0600. The number of hydrogen-bond acceptors (Lipinski definition) is 5. The van der Waals surface area contributed by atoms with Crippen LogP contribution in [0.2, 0.25) is 0 Å². The number of aromatic amines is 1. The summed E-state index contributed by atoms with van der Waals surface area (Å²) in [6.45, 7) is 3.36. The molecule has 1 aliphatic rings. The molecule has 28 heavy (non-hydrogen) atoms. The minimum Gasteiger partial charge on any atom is -0.477 e. The third-order valence-corrected chi connectivity index (χ3v) is 4.97. The molecule has 3 aromatic rings. The van der Waals surface area contributed by atoms with Crippen LogP contribution in [-0.4, -0.2) is 47.0 Å². The third-order valence-electron chi connectivity index (χ3n) is 4.97. The Balaban J connectivity index is 1.67. The average Bonchev–Trinajstić information content (AvgIpc) is 3.10. The van der Waals surface area contributed by atoms with Gasteiger partial charge in [-0.05, 0) is 37.3 Å². The van der Waals surface area contributed by atoms with Crippen molar-refractivity contribution in [2.45, 2.75) is 19.9 Å². The van der Waals surface area contributed by atoms with Crippen molar-refractivity contribution >= 4 is 22.8 Å². The Morgan fingerprint density at radius 1 is 1.29 bits per heavy atom. The summed E-state index contributed by atoms with van der Waals surface area (Å²) < 4.78 is 10.3. The van der Waals surface area contributed by atoms with Crippen LogP contribution in [0.5, 0.6) is 5.88 Å². The number of aromatic nitrogens is 2. The number of nitrogens with one attached hydrogen (secondary N) is 1. The van der Waals surface area contributed by atoms with E-state index in [0.717, 1.165) is 22.2 Å². The number of methoxy groups -OCH3 is 1. The fourth-order valence-electron chi connectivity index (χ4n) is 3.61. The van der Waals surface area contributed by atoms with E-state index in [1.807, 2.05) is 19.1 Å². The molecule has 1 amide bonds. The zero-order valence-electron chi connectivity index (χ0n) is 15.8. The largest absolute Gasteiger partial charge is 0.477 e. The molecule has 7 nitrogen and oxygen atoms in total. The fourth-order valence-corrected chi connectivity index (χ4v) is 3.61. The highest BCUT2D eigenvalue weighted by atomic mass is 16.5. The van der Waals surface area contributed by atoms with Gasteiger partial charge < -0.3 is 19.4 Å². The van der Waals surface area contributed by atoms with Gasteiger partial charge in [0.15, 0.2) is 0 Å². The van der Waals surface area contributed by atoms with Gasteiger partial charge in [-0.3, -0.25) is 4.79 Å². The van der Waals surface area contributed by atoms with Crippen molar-refractivity contribution < 1.29 is 19.1 Å². The molecule has 0 unspecified atom stereocenters. The van der Waals surface area contributed by atoms with E-state index < -0.39 is 0 Å². The molecule has 0 fully saturated rings. The molecule has 0 saturated heterocycles. The Kier molecular flexibility index (Phi) is 4.73. The Morgan fingerprint density at radius 3 is 2.93 bits per heavy atom. The van der Waals surface area contributed by atoms with Gasteiger partial charge in [0.25, 0.3) is 5.91 Å². The standard InChI is InChI=1S/C21H21N3O4/c1-3-28-19-14(5-4-9-22-19)20(25)24-10-8-18-16(12-24)15-11-13(21(26)27-2)6-7-17(15)23-18/h4-7,9,11,23H,3,8,10,12H2,1-2H3. The van der Waals surface area contributed by atoms with E-state index in [4.69, 9.17) is 9.47 Å². The maximum absolute atomic E-state index is 13.1. The molecular formula is C21H21N3O4. The number of pyridine rings is 1. The molecule has 0 aliphatic carbocycles. The Bertz CT molecular complexity index is 1060. The zero-order valence-corrected chi connectivity index (χ0v) is 15.8. The highest BCUT2D eigenvalue weighted by Crippen LogP contribution is 2.30. The molecule has 2 aromatic heterocycles. The second-order valence-corrected chi connectivity index (χ2v) is 6.60. The zero-order chi connectivity index (χ0) is 19.7. The van der Waals surface area contributed by atoms with Crippen LogP contribution >= 0.6 is 0 Å². The predicted octanol–water partition coefficient (Wildman–Crippen LogP) is 2.95. The van der Waals surface area contributed by atoms with Crippen molar-refractivity contribution in [2.24, 2.45) is 0 Å². The summed E-state index contributed by atoms with van der Waals surface area (Å²) in [5, 5.41) is 0.937. The van der Waals surface area contributed by atoms with E-state index in [9.17, 15) is 9.59 Å². The first-order valence-electron chi connectivity index (χ1n) is 9.21. The quantitative estimate of drug-likeness (QED) is 0.705. The summed E-state index contributed by atoms with van der Waals surface area (Å²) in [4.78, 5) is 34.4. The number of benzene rings is 1. The number of rotatable bonds is 4. The van der Waals surface area contributed by atoms with Crippen molar-refractivity contribution in [2.75, 3.05) is 20.3 Å². The molecule has 0 saturated carbocycles. The first kappa shape index (κ1) is 18.0. The molecular weight excluding hydrogens is 358 g/mol. The predicted molar refractivity (Wildman–Crippen MR) is 103 cm³/mol. The van der Waals surface area contributed by atoms with Gasteiger partial charge in [-0.1, -0.05) is 0 Å². The second kappa shape index (κ2) is 7.34. The minimum atomic E-state index is -0.377. The normalized spacial score (nSPS) is 13.3. The summed E-state index contributed by atoms with van der Waals surface area (Å²) in [5.74, 6) is -0.134. The van der Waals surface area contributed by atoms with Gasteiger partial charge in [-0.2, -0.15) is 0 Å². The smallest absolute Gasteiger partial charge is 0.337 e. The Hall–Kier alpha value is -3.35. The SMILES string of the molecule is CCOc1ncccc1C(=O)N1CCc2[nH]c3ccc(C(=O)OC)cc3c2C1. The molecule has 1 aromatic carbocycles. The van der Waals surface area contributed by atoms with E-state index in [1.54, 1.807) is 29.3 Å². The van der Waals surface area contributed by atoms with Crippen molar-refractivity contribution in [3.8, 4) is 5.88 Å². The number of carbonyl (C=O) groups excluding carboxylic acids is 2. The van der Waals surface area contributed by atoms with Gasteiger partial charge in [-0.25, -0.2) is 9.78 Å². The molecule has 4 rings (SSSR count). The van der Waals surface area contributed by atoms with Crippen LogP contribution in [0.4, 0.5) is 0 Å².